The van der Waals surface area contributed by atoms with Gasteiger partial charge in [-0.3, -0.25) is 0 Å². The Labute approximate surface area is 122 Å². The van der Waals surface area contributed by atoms with Gasteiger partial charge >= 0.3 is 5.97 Å². The molecule has 3 nitrogen and oxygen atoms in total. The van der Waals surface area contributed by atoms with Gasteiger partial charge in [-0.25, -0.2) is 9.18 Å². The molecule has 0 amide bonds. The lowest BCUT2D eigenvalue weighted by Gasteiger charge is -2.09. The number of ether oxygens (including phenoxy) is 1. The molecular weight excluding hydrogens is 269 g/mol. The van der Waals surface area contributed by atoms with Crippen LogP contribution in [0.2, 0.25) is 0 Å². The maximum Gasteiger partial charge on any atom is 0.339 e. The van der Waals surface area contributed by atoms with Crippen LogP contribution in [0, 0.1) is 18.2 Å². The highest BCUT2D eigenvalue weighted by atomic mass is 19.1. The quantitative estimate of drug-likeness (QED) is 0.676. The predicted octanol–water partition coefficient (Wildman–Crippen LogP) is 3.23. The Kier molecular flexibility index (Phi) is 4.94. The predicted molar refractivity (Wildman–Crippen MR) is 79.3 cm³/mol. The number of benzene rings is 2. The van der Waals surface area contributed by atoms with Crippen molar-refractivity contribution in [2.75, 3.05) is 11.9 Å². The SMILES string of the molecule is C#CCOC(=O)c1cccc(NCc2ccccc2F)c1. The van der Waals surface area contributed by atoms with Crippen molar-refractivity contribution in [3.63, 3.8) is 0 Å². The molecule has 2 aromatic carbocycles. The summed E-state index contributed by atoms with van der Waals surface area (Å²) in [5, 5.41) is 3.07. The first-order valence-electron chi connectivity index (χ1n) is 6.38. The zero-order valence-corrected chi connectivity index (χ0v) is 11.3. The van der Waals surface area contributed by atoms with E-state index in [1.54, 1.807) is 42.5 Å². The Balaban J connectivity index is 2.03. The summed E-state index contributed by atoms with van der Waals surface area (Å²) in [6.07, 6.45) is 5.04. The van der Waals surface area contributed by atoms with Crippen LogP contribution in [0.4, 0.5) is 10.1 Å². The second-order valence-electron chi connectivity index (χ2n) is 4.31. The van der Waals surface area contributed by atoms with Crippen molar-refractivity contribution in [1.82, 2.24) is 0 Å². The summed E-state index contributed by atoms with van der Waals surface area (Å²) >= 11 is 0. The van der Waals surface area contributed by atoms with Gasteiger partial charge in [0, 0.05) is 17.8 Å². The smallest absolute Gasteiger partial charge is 0.339 e. The Morgan fingerprint density at radius 1 is 1.24 bits per heavy atom. The summed E-state index contributed by atoms with van der Waals surface area (Å²) in [6, 6.07) is 13.3. The molecule has 106 valence electrons. The fourth-order valence-corrected chi connectivity index (χ4v) is 1.79. The summed E-state index contributed by atoms with van der Waals surface area (Å²) in [6.45, 7) is 0.265. The lowest BCUT2D eigenvalue weighted by Crippen LogP contribution is -2.07. The lowest BCUT2D eigenvalue weighted by molar-refractivity contribution is 0.0557. The van der Waals surface area contributed by atoms with Crippen molar-refractivity contribution in [2.45, 2.75) is 6.54 Å². The van der Waals surface area contributed by atoms with Gasteiger partial charge in [0.2, 0.25) is 0 Å². The summed E-state index contributed by atoms with van der Waals surface area (Å²) in [7, 11) is 0. The first kappa shape index (κ1) is 14.6. The third kappa shape index (κ3) is 4.08. The molecule has 21 heavy (non-hydrogen) atoms. The fourth-order valence-electron chi connectivity index (χ4n) is 1.79. The number of rotatable bonds is 5. The second kappa shape index (κ2) is 7.11. The minimum Gasteiger partial charge on any atom is -0.449 e. The second-order valence-corrected chi connectivity index (χ2v) is 4.31. The molecule has 0 spiro atoms. The number of hydrogen-bond donors (Lipinski definition) is 1. The van der Waals surface area contributed by atoms with Crippen LogP contribution in [-0.2, 0) is 11.3 Å². The molecule has 0 aromatic heterocycles. The van der Waals surface area contributed by atoms with Crippen LogP contribution in [0.25, 0.3) is 0 Å². The topological polar surface area (TPSA) is 38.3 Å². The maximum atomic E-state index is 13.5. The minimum atomic E-state index is -0.484. The average Bonchev–Trinajstić information content (AvgIpc) is 2.52. The number of terminal acetylenes is 1. The normalized spacial score (nSPS) is 9.71. The van der Waals surface area contributed by atoms with Gasteiger partial charge in [-0.2, -0.15) is 0 Å². The van der Waals surface area contributed by atoms with Gasteiger partial charge in [0.1, 0.15) is 5.82 Å². The molecule has 0 saturated carbocycles. The van der Waals surface area contributed by atoms with Crippen molar-refractivity contribution in [3.05, 3.63) is 65.5 Å². The molecule has 0 saturated heterocycles. The molecular formula is C17H14FNO2. The van der Waals surface area contributed by atoms with Crippen molar-refractivity contribution < 1.29 is 13.9 Å². The van der Waals surface area contributed by atoms with Gasteiger partial charge in [-0.15, -0.1) is 6.42 Å². The number of esters is 1. The first-order chi connectivity index (χ1) is 10.2. The van der Waals surface area contributed by atoms with E-state index in [1.165, 1.54) is 6.07 Å². The molecule has 0 heterocycles. The zero-order valence-electron chi connectivity index (χ0n) is 11.3. The van der Waals surface area contributed by atoms with Gasteiger partial charge < -0.3 is 10.1 Å². The Morgan fingerprint density at radius 2 is 2.05 bits per heavy atom. The standard InChI is InChI=1S/C17H14FNO2/c1-2-10-21-17(20)13-7-5-8-15(11-13)19-12-14-6-3-4-9-16(14)18/h1,3-9,11,19H,10,12H2. The first-order valence-corrected chi connectivity index (χ1v) is 6.38. The van der Waals surface area contributed by atoms with Crippen LogP contribution in [0.15, 0.2) is 48.5 Å². The lowest BCUT2D eigenvalue weighted by atomic mass is 10.2. The maximum absolute atomic E-state index is 13.5. The number of hydrogen-bond acceptors (Lipinski definition) is 3. The van der Waals surface area contributed by atoms with Crippen LogP contribution >= 0.6 is 0 Å². The number of halogens is 1. The van der Waals surface area contributed by atoms with Gasteiger partial charge in [-0.1, -0.05) is 30.2 Å². The molecule has 2 aromatic rings. The minimum absolute atomic E-state index is 0.0638. The molecule has 0 bridgehead atoms. The summed E-state index contributed by atoms with van der Waals surface area (Å²) in [5.74, 6) is 1.48. The Hall–Kier alpha value is -2.80. The molecule has 2 rings (SSSR count). The summed E-state index contributed by atoms with van der Waals surface area (Å²) < 4.78 is 18.4. The van der Waals surface area contributed by atoms with E-state index in [4.69, 9.17) is 11.2 Å². The molecule has 0 radical (unpaired) electrons. The highest BCUT2D eigenvalue weighted by Crippen LogP contribution is 2.14. The molecule has 0 aliphatic heterocycles. The molecule has 1 N–H and O–H groups in total. The van der Waals surface area contributed by atoms with E-state index in [1.807, 2.05) is 0 Å². The van der Waals surface area contributed by atoms with E-state index < -0.39 is 5.97 Å². The molecule has 0 aliphatic rings. The Bertz CT molecular complexity index is 676. The fraction of sp³-hybridized carbons (Fsp3) is 0.118. The average molecular weight is 283 g/mol. The zero-order chi connectivity index (χ0) is 15.1. The van der Waals surface area contributed by atoms with Crippen LogP contribution in [0.3, 0.4) is 0 Å². The molecule has 0 atom stereocenters. The van der Waals surface area contributed by atoms with Crippen molar-refractivity contribution in [3.8, 4) is 12.3 Å². The van der Waals surface area contributed by atoms with Crippen molar-refractivity contribution >= 4 is 11.7 Å². The van der Waals surface area contributed by atoms with E-state index in [-0.39, 0.29) is 12.4 Å². The van der Waals surface area contributed by atoms with E-state index >= 15 is 0 Å². The number of nitrogens with one attached hydrogen (secondary N) is 1. The van der Waals surface area contributed by atoms with E-state index in [0.29, 0.717) is 23.4 Å². The molecule has 0 unspecified atom stereocenters. The van der Waals surface area contributed by atoms with Crippen molar-refractivity contribution in [2.24, 2.45) is 0 Å². The van der Waals surface area contributed by atoms with E-state index in [9.17, 15) is 9.18 Å². The number of carbonyl (C=O) groups excluding carboxylic acids is 1. The van der Waals surface area contributed by atoms with Crippen LogP contribution in [0.1, 0.15) is 15.9 Å². The van der Waals surface area contributed by atoms with E-state index in [0.717, 1.165) is 0 Å². The molecule has 0 fully saturated rings. The summed E-state index contributed by atoms with van der Waals surface area (Å²) in [4.78, 5) is 11.7. The number of anilines is 1. The highest BCUT2D eigenvalue weighted by Gasteiger charge is 2.07. The monoisotopic (exact) mass is 283 g/mol. The molecule has 0 aliphatic carbocycles. The van der Waals surface area contributed by atoms with E-state index in [2.05, 4.69) is 11.2 Å². The van der Waals surface area contributed by atoms with Gasteiger partial charge in [0.05, 0.1) is 5.56 Å². The summed E-state index contributed by atoms with van der Waals surface area (Å²) in [5.41, 5.74) is 1.65. The van der Waals surface area contributed by atoms with Crippen molar-refractivity contribution in [1.29, 1.82) is 0 Å². The molecule has 4 heteroatoms. The third-order valence-corrected chi connectivity index (χ3v) is 2.83. The van der Waals surface area contributed by atoms with Gasteiger partial charge in [0.15, 0.2) is 6.61 Å². The largest absolute Gasteiger partial charge is 0.449 e. The van der Waals surface area contributed by atoms with Crippen LogP contribution < -0.4 is 5.32 Å². The van der Waals surface area contributed by atoms with Crippen LogP contribution in [0.5, 0.6) is 0 Å². The van der Waals surface area contributed by atoms with Gasteiger partial charge in [0.25, 0.3) is 0 Å². The van der Waals surface area contributed by atoms with Gasteiger partial charge in [-0.05, 0) is 24.3 Å². The highest BCUT2D eigenvalue weighted by molar-refractivity contribution is 5.90. The third-order valence-electron chi connectivity index (χ3n) is 2.83. The van der Waals surface area contributed by atoms with Crippen LogP contribution in [-0.4, -0.2) is 12.6 Å². The Morgan fingerprint density at radius 3 is 2.81 bits per heavy atom. The number of carbonyl (C=O) groups is 1.